The van der Waals surface area contributed by atoms with Crippen molar-refractivity contribution in [1.82, 2.24) is 14.0 Å². The predicted octanol–water partition coefficient (Wildman–Crippen LogP) is 8.00. The topological polar surface area (TPSA) is 35.4 Å². The Hall–Kier alpha value is -4.83. The zero-order valence-corrected chi connectivity index (χ0v) is 18.7. The largest absolute Gasteiger partial charge is 0.455 e. The third-order valence-electron chi connectivity index (χ3n) is 6.97. The highest BCUT2D eigenvalue weighted by atomic mass is 16.3. The first kappa shape index (κ1) is 18.6. The number of furan rings is 1. The van der Waals surface area contributed by atoms with Crippen LogP contribution in [-0.4, -0.2) is 14.0 Å². The van der Waals surface area contributed by atoms with E-state index in [1.807, 2.05) is 36.5 Å². The van der Waals surface area contributed by atoms with Crippen LogP contribution in [0.2, 0.25) is 0 Å². The van der Waals surface area contributed by atoms with Gasteiger partial charge >= 0.3 is 0 Å². The fourth-order valence-electron chi connectivity index (χ4n) is 5.37. The number of hydrogen-bond acceptors (Lipinski definition) is 2. The van der Waals surface area contributed by atoms with E-state index >= 15 is 0 Å². The third kappa shape index (κ3) is 2.59. The molecular weight excluding hydrogens is 430 g/mol. The molecule has 0 saturated carbocycles. The van der Waals surface area contributed by atoms with Gasteiger partial charge in [0, 0.05) is 39.8 Å². The second-order valence-corrected chi connectivity index (χ2v) is 8.93. The molecule has 8 aromatic rings. The summed E-state index contributed by atoms with van der Waals surface area (Å²) in [7, 11) is 0. The van der Waals surface area contributed by atoms with Gasteiger partial charge in [-0.2, -0.15) is 0 Å². The van der Waals surface area contributed by atoms with Gasteiger partial charge in [0.25, 0.3) is 0 Å². The number of pyridine rings is 1. The zero-order valence-electron chi connectivity index (χ0n) is 18.7. The highest BCUT2D eigenvalue weighted by molar-refractivity contribution is 6.23. The minimum atomic E-state index is 0.920. The lowest BCUT2D eigenvalue weighted by atomic mass is 10.1. The van der Waals surface area contributed by atoms with Gasteiger partial charge in [0.1, 0.15) is 16.8 Å². The molecule has 0 saturated heterocycles. The van der Waals surface area contributed by atoms with Crippen LogP contribution in [0.4, 0.5) is 0 Å². The van der Waals surface area contributed by atoms with Gasteiger partial charge in [-0.3, -0.25) is 0 Å². The summed E-state index contributed by atoms with van der Waals surface area (Å²) >= 11 is 0. The second-order valence-electron chi connectivity index (χ2n) is 8.93. The van der Waals surface area contributed by atoms with E-state index in [9.17, 15) is 0 Å². The van der Waals surface area contributed by atoms with Crippen molar-refractivity contribution in [1.29, 1.82) is 0 Å². The lowest BCUT2D eigenvalue weighted by Gasteiger charge is -2.08. The second kappa shape index (κ2) is 6.84. The molecule has 164 valence electrons. The third-order valence-corrected chi connectivity index (χ3v) is 6.97. The van der Waals surface area contributed by atoms with Gasteiger partial charge in [0.05, 0.1) is 22.1 Å². The Morgan fingerprint density at radius 1 is 0.629 bits per heavy atom. The summed E-state index contributed by atoms with van der Waals surface area (Å²) in [6.45, 7) is 0. The van der Waals surface area contributed by atoms with E-state index in [0.717, 1.165) is 61.0 Å². The lowest BCUT2D eigenvalue weighted by molar-refractivity contribution is 0.673. The van der Waals surface area contributed by atoms with Crippen molar-refractivity contribution in [2.75, 3.05) is 0 Å². The molecule has 4 aromatic heterocycles. The Kier molecular flexibility index (Phi) is 3.63. The van der Waals surface area contributed by atoms with Crippen LogP contribution in [0.25, 0.3) is 66.3 Å². The molecule has 0 unspecified atom stereocenters. The molecule has 4 aromatic carbocycles. The normalized spacial score (nSPS) is 12.0. The molecule has 0 atom stereocenters. The highest BCUT2D eigenvalue weighted by Gasteiger charge is 2.18. The number of aromatic nitrogens is 3. The quantitative estimate of drug-likeness (QED) is 0.268. The van der Waals surface area contributed by atoms with Gasteiger partial charge in [0.2, 0.25) is 0 Å². The van der Waals surface area contributed by atoms with Crippen molar-refractivity contribution in [2.45, 2.75) is 0 Å². The van der Waals surface area contributed by atoms with Crippen LogP contribution in [-0.2, 0) is 0 Å². The van der Waals surface area contributed by atoms with Crippen molar-refractivity contribution in [3.05, 3.63) is 116 Å². The molecule has 0 spiro atoms. The van der Waals surface area contributed by atoms with Gasteiger partial charge in [0.15, 0.2) is 0 Å². The van der Waals surface area contributed by atoms with Crippen molar-refractivity contribution < 1.29 is 4.42 Å². The van der Waals surface area contributed by atoms with Crippen molar-refractivity contribution in [3.8, 4) is 16.9 Å². The summed E-state index contributed by atoms with van der Waals surface area (Å²) in [6, 6.07) is 35.9. The Morgan fingerprint density at radius 3 is 2.31 bits per heavy atom. The fraction of sp³-hybridized carbons (Fsp3) is 0. The Bertz CT molecular complexity index is 2020. The summed E-state index contributed by atoms with van der Waals surface area (Å²) in [5, 5.41) is 4.64. The Labute approximate surface area is 200 Å². The molecule has 0 fully saturated rings. The standard InChI is InChI=1S/C31H19N3O/c1-3-9-26-24(8-1)30-27(17-16-23-22-7-2-4-10-28(22)35-31(23)30)34(26)21-14-12-20(13-15-21)25-19-33-18-6-5-11-29(33)32-25/h1-19H. The first-order valence-electron chi connectivity index (χ1n) is 11.7. The maximum atomic E-state index is 6.40. The zero-order chi connectivity index (χ0) is 22.9. The van der Waals surface area contributed by atoms with E-state index in [0.29, 0.717) is 0 Å². The monoisotopic (exact) mass is 449 g/mol. The minimum Gasteiger partial charge on any atom is -0.455 e. The number of fused-ring (bicyclic) bond motifs is 8. The molecule has 0 N–H and O–H groups in total. The van der Waals surface area contributed by atoms with Crippen LogP contribution in [0.1, 0.15) is 0 Å². The molecule has 4 heteroatoms. The summed E-state index contributed by atoms with van der Waals surface area (Å²) in [6.07, 6.45) is 4.10. The van der Waals surface area contributed by atoms with Crippen molar-refractivity contribution >= 4 is 49.4 Å². The number of para-hydroxylation sites is 2. The van der Waals surface area contributed by atoms with E-state index in [4.69, 9.17) is 9.40 Å². The van der Waals surface area contributed by atoms with Crippen LogP contribution in [0.5, 0.6) is 0 Å². The van der Waals surface area contributed by atoms with E-state index in [1.54, 1.807) is 0 Å². The molecular formula is C31H19N3O. The molecule has 4 nitrogen and oxygen atoms in total. The molecule has 0 radical (unpaired) electrons. The Morgan fingerprint density at radius 2 is 1.43 bits per heavy atom. The van der Waals surface area contributed by atoms with E-state index in [2.05, 4.69) is 88.0 Å². The van der Waals surface area contributed by atoms with Crippen LogP contribution in [0, 0.1) is 0 Å². The number of rotatable bonds is 2. The van der Waals surface area contributed by atoms with Crippen molar-refractivity contribution in [2.24, 2.45) is 0 Å². The fourth-order valence-corrected chi connectivity index (χ4v) is 5.37. The first-order chi connectivity index (χ1) is 17.3. The van der Waals surface area contributed by atoms with Gasteiger partial charge in [-0.05, 0) is 48.5 Å². The maximum Gasteiger partial charge on any atom is 0.145 e. The van der Waals surface area contributed by atoms with Crippen LogP contribution in [0.15, 0.2) is 120 Å². The van der Waals surface area contributed by atoms with E-state index in [1.165, 1.54) is 5.39 Å². The SMILES string of the molecule is c1ccc2c(c1)oc1c2ccc2c1c1ccccc1n2-c1ccc(-c2cn3ccccc3n2)cc1. The summed E-state index contributed by atoms with van der Waals surface area (Å²) in [5.41, 5.74) is 8.28. The Balaban J connectivity index is 1.37. The molecule has 8 rings (SSSR count). The number of imidazole rings is 1. The maximum absolute atomic E-state index is 6.40. The molecule has 0 aliphatic heterocycles. The van der Waals surface area contributed by atoms with Crippen LogP contribution >= 0.6 is 0 Å². The first-order valence-corrected chi connectivity index (χ1v) is 11.7. The molecule has 35 heavy (non-hydrogen) atoms. The minimum absolute atomic E-state index is 0.920. The molecule has 0 aliphatic carbocycles. The number of hydrogen-bond donors (Lipinski definition) is 0. The molecule has 0 amide bonds. The number of benzene rings is 4. The van der Waals surface area contributed by atoms with Crippen molar-refractivity contribution in [3.63, 3.8) is 0 Å². The van der Waals surface area contributed by atoms with Gasteiger partial charge in [-0.15, -0.1) is 0 Å². The van der Waals surface area contributed by atoms with Crippen LogP contribution < -0.4 is 0 Å². The molecule has 4 heterocycles. The average Bonchev–Trinajstić information content (AvgIpc) is 3.60. The van der Waals surface area contributed by atoms with Gasteiger partial charge < -0.3 is 13.4 Å². The van der Waals surface area contributed by atoms with Crippen LogP contribution in [0.3, 0.4) is 0 Å². The molecule has 0 aliphatic rings. The average molecular weight is 450 g/mol. The summed E-state index contributed by atoms with van der Waals surface area (Å²) in [5.74, 6) is 0. The summed E-state index contributed by atoms with van der Waals surface area (Å²) in [4.78, 5) is 4.77. The smallest absolute Gasteiger partial charge is 0.145 e. The number of nitrogens with zero attached hydrogens (tertiary/aromatic N) is 3. The molecule has 0 bridgehead atoms. The van der Waals surface area contributed by atoms with E-state index in [-0.39, 0.29) is 0 Å². The highest BCUT2D eigenvalue weighted by Crippen LogP contribution is 2.40. The van der Waals surface area contributed by atoms with Gasteiger partial charge in [-0.1, -0.05) is 54.6 Å². The predicted molar refractivity (Wildman–Crippen MR) is 142 cm³/mol. The lowest BCUT2D eigenvalue weighted by Crippen LogP contribution is -1.93. The van der Waals surface area contributed by atoms with E-state index < -0.39 is 0 Å². The summed E-state index contributed by atoms with van der Waals surface area (Å²) < 4.78 is 10.8. The van der Waals surface area contributed by atoms with Gasteiger partial charge in [-0.25, -0.2) is 4.98 Å².